The van der Waals surface area contributed by atoms with Gasteiger partial charge in [-0.1, -0.05) is 12.8 Å². The normalized spacial score (nSPS) is 35.0. The van der Waals surface area contributed by atoms with E-state index in [0.29, 0.717) is 5.41 Å². The molecule has 1 heterocycles. The summed E-state index contributed by atoms with van der Waals surface area (Å²) in [5.74, 6) is 1.75. The largest absolute Gasteiger partial charge is 0.497 e. The number of benzene rings is 1. The molecule has 1 spiro atoms. The molecule has 3 saturated carbocycles. The van der Waals surface area contributed by atoms with Crippen LogP contribution in [-0.4, -0.2) is 49.8 Å². The molecule has 1 aromatic rings. The molecule has 5 nitrogen and oxygen atoms in total. The Morgan fingerprint density at radius 2 is 1.92 bits per heavy atom. The third-order valence-corrected chi connectivity index (χ3v) is 7.47. The van der Waals surface area contributed by atoms with E-state index in [1.807, 2.05) is 17.0 Å². The van der Waals surface area contributed by atoms with Crippen LogP contribution in [0.1, 0.15) is 38.5 Å². The first kappa shape index (κ1) is 16.3. The van der Waals surface area contributed by atoms with Crippen LogP contribution in [-0.2, 0) is 0 Å². The first-order chi connectivity index (χ1) is 12.6. The van der Waals surface area contributed by atoms with Crippen LogP contribution in [0.15, 0.2) is 24.3 Å². The number of nitrogens with one attached hydrogen (secondary N) is 1. The van der Waals surface area contributed by atoms with Crippen molar-refractivity contribution in [3.8, 4) is 5.75 Å². The van der Waals surface area contributed by atoms with Gasteiger partial charge in [0.15, 0.2) is 0 Å². The van der Waals surface area contributed by atoms with Crippen LogP contribution in [0.4, 0.5) is 10.5 Å². The summed E-state index contributed by atoms with van der Waals surface area (Å²) in [6.45, 7) is 3.37. The van der Waals surface area contributed by atoms with Gasteiger partial charge in [0.25, 0.3) is 0 Å². The molecular formula is C21H29N3O2. The molecule has 1 N–H and O–H groups in total. The summed E-state index contributed by atoms with van der Waals surface area (Å²) in [6.07, 6.45) is 7.88. The lowest BCUT2D eigenvalue weighted by atomic mass is 9.83. The van der Waals surface area contributed by atoms with E-state index in [1.54, 1.807) is 7.11 Å². The minimum absolute atomic E-state index is 0.151. The molecule has 3 aliphatic carbocycles. The van der Waals surface area contributed by atoms with Gasteiger partial charge in [0.1, 0.15) is 5.75 Å². The molecule has 1 saturated heterocycles. The van der Waals surface area contributed by atoms with Crippen molar-refractivity contribution in [2.45, 2.75) is 44.1 Å². The molecule has 4 aliphatic rings. The number of carbonyl (C=O) groups is 1. The Labute approximate surface area is 155 Å². The molecule has 4 fully saturated rings. The molecule has 140 valence electrons. The van der Waals surface area contributed by atoms with Crippen LogP contribution in [0.25, 0.3) is 0 Å². The van der Waals surface area contributed by atoms with Crippen molar-refractivity contribution >= 4 is 11.7 Å². The average Bonchev–Trinajstić information content (AvgIpc) is 3.18. The summed E-state index contributed by atoms with van der Waals surface area (Å²) in [5.41, 5.74) is 1.82. The number of amides is 2. The van der Waals surface area contributed by atoms with Crippen molar-refractivity contribution in [1.29, 1.82) is 0 Å². The van der Waals surface area contributed by atoms with E-state index in [0.717, 1.165) is 37.8 Å². The highest BCUT2D eigenvalue weighted by molar-refractivity contribution is 5.76. The Morgan fingerprint density at radius 3 is 2.62 bits per heavy atom. The fourth-order valence-electron chi connectivity index (χ4n) is 6.04. The number of anilines is 1. The van der Waals surface area contributed by atoms with Gasteiger partial charge in [0, 0.05) is 37.4 Å². The number of hydrogen-bond acceptors (Lipinski definition) is 3. The number of fused-ring (bicyclic) bond motifs is 1. The predicted octanol–water partition coefficient (Wildman–Crippen LogP) is 3.25. The van der Waals surface area contributed by atoms with Crippen LogP contribution in [0, 0.1) is 11.3 Å². The summed E-state index contributed by atoms with van der Waals surface area (Å²) in [4.78, 5) is 17.2. The van der Waals surface area contributed by atoms with Gasteiger partial charge < -0.3 is 19.9 Å². The molecule has 26 heavy (non-hydrogen) atoms. The summed E-state index contributed by atoms with van der Waals surface area (Å²) >= 11 is 0. The second-order valence-electron chi connectivity index (χ2n) is 8.81. The quantitative estimate of drug-likeness (QED) is 0.905. The Morgan fingerprint density at radius 1 is 1.15 bits per heavy atom. The summed E-state index contributed by atoms with van der Waals surface area (Å²) in [7, 11) is 1.69. The zero-order chi connectivity index (χ0) is 17.8. The monoisotopic (exact) mass is 355 g/mol. The van der Waals surface area contributed by atoms with Gasteiger partial charge in [-0.3, -0.25) is 0 Å². The first-order valence-electron chi connectivity index (χ1n) is 10.1. The molecule has 5 heteroatoms. The van der Waals surface area contributed by atoms with Gasteiger partial charge in [0.2, 0.25) is 0 Å². The Kier molecular flexibility index (Phi) is 3.63. The van der Waals surface area contributed by atoms with Gasteiger partial charge in [-0.25, -0.2) is 4.79 Å². The van der Waals surface area contributed by atoms with E-state index in [-0.39, 0.29) is 11.6 Å². The lowest BCUT2D eigenvalue weighted by Gasteiger charge is -2.37. The Balaban J connectivity index is 1.17. The second kappa shape index (κ2) is 5.80. The number of urea groups is 1. The average molecular weight is 355 g/mol. The number of carbonyl (C=O) groups excluding carboxylic acids is 1. The zero-order valence-corrected chi connectivity index (χ0v) is 15.7. The standard InChI is InChI=1S/C21H29N3O2/c1-26-18-6-4-17(5-7-18)23-9-11-24(12-10-23)19(25)22-21-14-16-3-2-8-20(21,13-16)15-21/h4-7,16H,2-3,8-15H2,1H3,(H,22,25). The number of ether oxygens (including phenoxy) is 1. The van der Waals surface area contributed by atoms with Gasteiger partial charge in [-0.2, -0.15) is 0 Å². The van der Waals surface area contributed by atoms with E-state index in [1.165, 1.54) is 44.2 Å². The van der Waals surface area contributed by atoms with E-state index < -0.39 is 0 Å². The lowest BCUT2D eigenvalue weighted by molar-refractivity contribution is 0.186. The van der Waals surface area contributed by atoms with Gasteiger partial charge in [-0.05, 0) is 61.3 Å². The molecule has 0 aromatic heterocycles. The second-order valence-corrected chi connectivity index (χ2v) is 8.81. The van der Waals surface area contributed by atoms with Crippen LogP contribution in [0.5, 0.6) is 5.75 Å². The van der Waals surface area contributed by atoms with Gasteiger partial charge >= 0.3 is 6.03 Å². The molecule has 1 aliphatic heterocycles. The molecule has 5 rings (SSSR count). The van der Waals surface area contributed by atoms with Gasteiger partial charge in [0.05, 0.1) is 7.11 Å². The highest BCUT2D eigenvalue weighted by Crippen LogP contribution is 2.73. The summed E-state index contributed by atoms with van der Waals surface area (Å²) < 4.78 is 5.23. The molecule has 3 atom stereocenters. The van der Waals surface area contributed by atoms with Crippen LogP contribution < -0.4 is 15.0 Å². The molecule has 0 radical (unpaired) electrons. The van der Waals surface area contributed by atoms with Crippen LogP contribution in [0.2, 0.25) is 0 Å². The number of nitrogens with zero attached hydrogens (tertiary/aromatic N) is 2. The van der Waals surface area contributed by atoms with E-state index >= 15 is 0 Å². The molecule has 2 amide bonds. The maximum absolute atomic E-state index is 12.9. The molecule has 3 unspecified atom stereocenters. The number of methoxy groups -OCH3 is 1. The topological polar surface area (TPSA) is 44.8 Å². The Hall–Kier alpha value is -1.91. The minimum Gasteiger partial charge on any atom is -0.497 e. The smallest absolute Gasteiger partial charge is 0.317 e. The molecular weight excluding hydrogens is 326 g/mol. The van der Waals surface area contributed by atoms with Crippen LogP contribution in [0.3, 0.4) is 0 Å². The van der Waals surface area contributed by atoms with Crippen molar-refractivity contribution in [2.24, 2.45) is 11.3 Å². The summed E-state index contributed by atoms with van der Waals surface area (Å²) in [5, 5.41) is 3.48. The van der Waals surface area contributed by atoms with Crippen molar-refractivity contribution in [3.05, 3.63) is 24.3 Å². The van der Waals surface area contributed by atoms with E-state index in [2.05, 4.69) is 22.3 Å². The third-order valence-electron chi connectivity index (χ3n) is 7.47. The lowest BCUT2D eigenvalue weighted by Crippen LogP contribution is -2.54. The highest BCUT2D eigenvalue weighted by Gasteiger charge is 2.73. The zero-order valence-electron chi connectivity index (χ0n) is 15.7. The van der Waals surface area contributed by atoms with Crippen molar-refractivity contribution in [2.75, 3.05) is 38.2 Å². The summed E-state index contributed by atoms with van der Waals surface area (Å²) in [6, 6.07) is 8.36. The number of piperazine rings is 1. The van der Waals surface area contributed by atoms with E-state index in [4.69, 9.17) is 4.74 Å². The number of hydrogen-bond donors (Lipinski definition) is 1. The predicted molar refractivity (Wildman–Crippen MR) is 102 cm³/mol. The fourth-order valence-corrected chi connectivity index (χ4v) is 6.04. The third kappa shape index (κ3) is 2.47. The first-order valence-corrected chi connectivity index (χ1v) is 10.1. The van der Waals surface area contributed by atoms with Gasteiger partial charge in [-0.15, -0.1) is 0 Å². The fraction of sp³-hybridized carbons (Fsp3) is 0.667. The maximum atomic E-state index is 12.9. The molecule has 2 bridgehead atoms. The van der Waals surface area contributed by atoms with Crippen LogP contribution >= 0.6 is 0 Å². The number of rotatable bonds is 3. The Bertz CT molecular complexity index is 698. The maximum Gasteiger partial charge on any atom is 0.317 e. The highest BCUT2D eigenvalue weighted by atomic mass is 16.5. The SMILES string of the molecule is COc1ccc(N2CCN(C(=O)NC34CC5CCCC3(C5)C4)CC2)cc1. The minimum atomic E-state index is 0.151. The van der Waals surface area contributed by atoms with Crippen molar-refractivity contribution < 1.29 is 9.53 Å². The molecule has 1 aromatic carbocycles. The van der Waals surface area contributed by atoms with Crippen molar-refractivity contribution in [1.82, 2.24) is 10.2 Å². The van der Waals surface area contributed by atoms with Crippen molar-refractivity contribution in [3.63, 3.8) is 0 Å². The van der Waals surface area contributed by atoms with E-state index in [9.17, 15) is 4.79 Å².